The van der Waals surface area contributed by atoms with Gasteiger partial charge in [0.1, 0.15) is 12.0 Å². The molecule has 1 amide bonds. The van der Waals surface area contributed by atoms with E-state index >= 15 is 0 Å². The number of carbonyl (C=O) groups excluding carboxylic acids is 2. The van der Waals surface area contributed by atoms with Crippen molar-refractivity contribution in [3.05, 3.63) is 62.3 Å². The average Bonchev–Trinajstić information content (AvgIpc) is 2.81. The van der Waals surface area contributed by atoms with E-state index in [4.69, 9.17) is 16.3 Å². The van der Waals surface area contributed by atoms with Gasteiger partial charge in [-0.15, -0.1) is 0 Å². The van der Waals surface area contributed by atoms with Gasteiger partial charge in [-0.05, 0) is 43.7 Å². The van der Waals surface area contributed by atoms with Gasteiger partial charge in [0.15, 0.2) is 17.2 Å². The van der Waals surface area contributed by atoms with E-state index in [1.54, 1.807) is 18.1 Å². The number of piperidine rings is 1. The van der Waals surface area contributed by atoms with E-state index < -0.39 is 28.7 Å². The molecule has 2 aliphatic rings. The number of ether oxygens (including phenoxy) is 1. The number of hydrogen-bond acceptors (Lipinski definition) is 6. The Labute approximate surface area is 207 Å². The summed E-state index contributed by atoms with van der Waals surface area (Å²) in [6.07, 6.45) is 2.46. The Morgan fingerprint density at radius 3 is 2.80 bits per heavy atom. The Morgan fingerprint density at radius 2 is 2.09 bits per heavy atom. The van der Waals surface area contributed by atoms with E-state index in [9.17, 15) is 23.9 Å². The number of halogens is 2. The molecule has 1 aromatic carbocycles. The molecule has 188 valence electrons. The van der Waals surface area contributed by atoms with Crippen molar-refractivity contribution in [2.75, 3.05) is 25.3 Å². The number of ketones is 1. The zero-order chi connectivity index (χ0) is 25.4. The van der Waals surface area contributed by atoms with Crippen LogP contribution in [0, 0.1) is 11.7 Å². The molecule has 3 heterocycles. The van der Waals surface area contributed by atoms with Gasteiger partial charge in [0.05, 0.1) is 23.2 Å². The SMILES string of the molecule is COC[C@@H](C)N1C(=O)c2c(O)c(=O)c(C(=O)CCc3cccc(Cl)c3F)cn2N2CC[C@H](C)C[C@@H]12. The van der Waals surface area contributed by atoms with Gasteiger partial charge in [-0.1, -0.05) is 30.7 Å². The molecular formula is C25H29ClFN3O5. The van der Waals surface area contributed by atoms with Crippen LogP contribution in [0.25, 0.3) is 0 Å². The zero-order valence-corrected chi connectivity index (χ0v) is 20.7. The molecule has 10 heteroatoms. The van der Waals surface area contributed by atoms with Crippen molar-refractivity contribution in [3.8, 4) is 5.75 Å². The summed E-state index contributed by atoms with van der Waals surface area (Å²) in [6, 6.07) is 4.24. The molecule has 35 heavy (non-hydrogen) atoms. The average molecular weight is 506 g/mol. The summed E-state index contributed by atoms with van der Waals surface area (Å²) < 4.78 is 21.0. The number of pyridine rings is 1. The van der Waals surface area contributed by atoms with Crippen LogP contribution in [0.3, 0.4) is 0 Å². The Kier molecular flexibility index (Phi) is 7.19. The van der Waals surface area contributed by atoms with E-state index in [1.165, 1.54) is 23.0 Å². The summed E-state index contributed by atoms with van der Waals surface area (Å²) in [7, 11) is 1.55. The summed E-state index contributed by atoms with van der Waals surface area (Å²) in [6.45, 7) is 4.85. The van der Waals surface area contributed by atoms with E-state index in [0.29, 0.717) is 25.5 Å². The normalized spacial score (nSPS) is 20.4. The molecule has 1 aromatic heterocycles. The van der Waals surface area contributed by atoms with Gasteiger partial charge >= 0.3 is 0 Å². The monoisotopic (exact) mass is 505 g/mol. The molecule has 0 saturated carbocycles. The molecule has 1 fully saturated rings. The Hall–Kier alpha value is -2.91. The molecular weight excluding hydrogens is 477 g/mol. The van der Waals surface area contributed by atoms with Gasteiger partial charge in [-0.2, -0.15) is 0 Å². The number of carbonyl (C=O) groups is 2. The number of amides is 1. The minimum absolute atomic E-state index is 0.0400. The summed E-state index contributed by atoms with van der Waals surface area (Å²) in [4.78, 5) is 41.2. The fourth-order valence-electron chi connectivity index (χ4n) is 5.00. The number of Topliss-reactive ketones (excluding diaryl/α,β-unsaturated/α-hetero) is 1. The third-order valence-electron chi connectivity index (χ3n) is 6.84. The van der Waals surface area contributed by atoms with E-state index in [0.717, 1.165) is 6.42 Å². The van der Waals surface area contributed by atoms with Gasteiger partial charge in [-0.3, -0.25) is 24.1 Å². The number of aromatic nitrogens is 1. The lowest BCUT2D eigenvalue weighted by molar-refractivity contribution is 0.0201. The molecule has 2 aliphatic heterocycles. The second kappa shape index (κ2) is 9.99. The lowest BCUT2D eigenvalue weighted by atomic mass is 9.94. The van der Waals surface area contributed by atoms with Crippen LogP contribution in [0.4, 0.5) is 4.39 Å². The van der Waals surface area contributed by atoms with Crippen LogP contribution < -0.4 is 10.4 Å². The standard InChI is InChI=1S/C25H29ClFN3O5/c1-14-9-10-28-20(11-14)30(15(2)13-35-3)25(34)22-24(33)23(32)17(12-29(22)28)19(31)8-7-16-5-4-6-18(26)21(16)27/h4-6,12,14-15,20,33H,7-11,13H2,1-3H3/t14-,15+,20+/m0/s1. The van der Waals surface area contributed by atoms with Crippen molar-refractivity contribution in [1.29, 1.82) is 0 Å². The van der Waals surface area contributed by atoms with Crippen molar-refractivity contribution in [3.63, 3.8) is 0 Å². The zero-order valence-electron chi connectivity index (χ0n) is 20.0. The predicted octanol–water partition coefficient (Wildman–Crippen LogP) is 3.35. The number of methoxy groups -OCH3 is 1. The fraction of sp³-hybridized carbons (Fsp3) is 0.480. The highest BCUT2D eigenvalue weighted by Crippen LogP contribution is 2.33. The quantitative estimate of drug-likeness (QED) is 0.580. The maximum absolute atomic E-state index is 14.2. The Bertz CT molecular complexity index is 1220. The second-order valence-corrected chi connectivity index (χ2v) is 9.75. The Morgan fingerprint density at radius 1 is 1.34 bits per heavy atom. The number of aromatic hydroxyl groups is 1. The molecule has 0 bridgehead atoms. The lowest BCUT2D eigenvalue weighted by Crippen LogP contribution is -2.66. The van der Waals surface area contributed by atoms with Gasteiger partial charge in [0.25, 0.3) is 5.91 Å². The van der Waals surface area contributed by atoms with Crippen molar-refractivity contribution in [2.24, 2.45) is 5.92 Å². The van der Waals surface area contributed by atoms with Crippen LogP contribution >= 0.6 is 11.6 Å². The maximum atomic E-state index is 14.2. The van der Waals surface area contributed by atoms with Crippen molar-refractivity contribution in [1.82, 2.24) is 9.58 Å². The summed E-state index contributed by atoms with van der Waals surface area (Å²) in [5.41, 5.74) is -1.06. The second-order valence-electron chi connectivity index (χ2n) is 9.34. The molecule has 0 spiro atoms. The highest BCUT2D eigenvalue weighted by atomic mass is 35.5. The van der Waals surface area contributed by atoms with Crippen molar-refractivity contribution in [2.45, 2.75) is 51.7 Å². The van der Waals surface area contributed by atoms with E-state index in [2.05, 4.69) is 6.92 Å². The number of rotatable bonds is 7. The van der Waals surface area contributed by atoms with Crippen LogP contribution in [-0.4, -0.2) is 58.8 Å². The van der Waals surface area contributed by atoms with Crippen LogP contribution in [-0.2, 0) is 11.2 Å². The minimum Gasteiger partial charge on any atom is -0.502 e. The third-order valence-corrected chi connectivity index (χ3v) is 7.14. The summed E-state index contributed by atoms with van der Waals surface area (Å²) >= 11 is 5.82. The van der Waals surface area contributed by atoms with Crippen molar-refractivity contribution < 1.29 is 23.8 Å². The number of nitrogens with zero attached hydrogens (tertiary/aromatic N) is 3. The van der Waals surface area contributed by atoms with E-state index in [-0.39, 0.29) is 46.9 Å². The van der Waals surface area contributed by atoms with Crippen LogP contribution in [0.15, 0.2) is 29.2 Å². The molecule has 1 N–H and O–H groups in total. The summed E-state index contributed by atoms with van der Waals surface area (Å²) in [5, 5.41) is 12.7. The lowest BCUT2D eigenvalue weighted by Gasteiger charge is -2.52. The third kappa shape index (κ3) is 4.54. The van der Waals surface area contributed by atoms with Gasteiger partial charge < -0.3 is 14.7 Å². The van der Waals surface area contributed by atoms with Crippen LogP contribution in [0.5, 0.6) is 5.75 Å². The number of aryl methyl sites for hydroxylation is 1. The number of benzene rings is 1. The van der Waals surface area contributed by atoms with Crippen molar-refractivity contribution >= 4 is 23.3 Å². The molecule has 1 saturated heterocycles. The number of fused-ring (bicyclic) bond motifs is 3. The molecule has 8 nitrogen and oxygen atoms in total. The molecule has 2 aromatic rings. The van der Waals surface area contributed by atoms with Gasteiger partial charge in [0, 0.05) is 26.3 Å². The highest BCUT2D eigenvalue weighted by Gasteiger charge is 2.44. The molecule has 0 radical (unpaired) electrons. The summed E-state index contributed by atoms with van der Waals surface area (Å²) in [5.74, 6) is -2.04. The Balaban J connectivity index is 1.72. The highest BCUT2D eigenvalue weighted by molar-refractivity contribution is 6.30. The van der Waals surface area contributed by atoms with Crippen LogP contribution in [0.1, 0.15) is 59.5 Å². The first-order valence-electron chi connectivity index (χ1n) is 11.7. The first-order chi connectivity index (χ1) is 16.6. The fourth-order valence-corrected chi connectivity index (χ4v) is 5.19. The van der Waals surface area contributed by atoms with Gasteiger partial charge in [-0.25, -0.2) is 4.39 Å². The molecule has 0 aliphatic carbocycles. The molecule has 3 atom stereocenters. The molecule has 0 unspecified atom stereocenters. The molecule has 4 rings (SSSR count). The number of hydrogen-bond donors (Lipinski definition) is 1. The maximum Gasteiger partial charge on any atom is 0.278 e. The first-order valence-corrected chi connectivity index (χ1v) is 12.1. The van der Waals surface area contributed by atoms with Gasteiger partial charge in [0.2, 0.25) is 5.43 Å². The van der Waals surface area contributed by atoms with Crippen LogP contribution in [0.2, 0.25) is 5.02 Å². The van der Waals surface area contributed by atoms with E-state index in [1.807, 2.05) is 11.9 Å². The predicted molar refractivity (Wildman–Crippen MR) is 129 cm³/mol. The topological polar surface area (TPSA) is 92.1 Å². The minimum atomic E-state index is -0.913. The first kappa shape index (κ1) is 25.2. The smallest absolute Gasteiger partial charge is 0.278 e. The largest absolute Gasteiger partial charge is 0.502 e.